The molecule has 1 heteroatoms. The number of hydrogen-bond acceptors (Lipinski definition) is 1. The molecule has 0 saturated heterocycles. The first-order chi connectivity index (χ1) is 8.93. The maximum Gasteiger partial charge on any atom is 0.0482 e. The Balaban J connectivity index is 2.01. The van der Waals surface area contributed by atoms with Crippen molar-refractivity contribution in [1.82, 2.24) is 0 Å². The zero-order chi connectivity index (χ0) is 11.9. The summed E-state index contributed by atoms with van der Waals surface area (Å²) in [6, 6.07) is 6.72. The lowest BCUT2D eigenvalue weighted by molar-refractivity contribution is 0.904. The van der Waals surface area contributed by atoms with Gasteiger partial charge in [0, 0.05) is 24.3 Å². The van der Waals surface area contributed by atoms with Crippen LogP contribution in [0.3, 0.4) is 0 Å². The highest BCUT2D eigenvalue weighted by Gasteiger charge is 2.25. The van der Waals surface area contributed by atoms with E-state index in [0.29, 0.717) is 0 Å². The molecule has 2 heterocycles. The second kappa shape index (κ2) is 3.74. The van der Waals surface area contributed by atoms with Crippen molar-refractivity contribution in [1.29, 1.82) is 0 Å². The van der Waals surface area contributed by atoms with E-state index < -0.39 is 0 Å². The Kier molecular flexibility index (Phi) is 2.07. The van der Waals surface area contributed by atoms with Gasteiger partial charge >= 0.3 is 0 Å². The molecule has 18 heavy (non-hydrogen) atoms. The van der Waals surface area contributed by atoms with Gasteiger partial charge in [-0.2, -0.15) is 0 Å². The minimum Gasteiger partial charge on any atom is -0.367 e. The largest absolute Gasteiger partial charge is 0.367 e. The molecular formula is C17H15N. The zero-order valence-electron chi connectivity index (χ0n) is 10.3. The molecule has 1 nitrogen and oxygen atoms in total. The van der Waals surface area contributed by atoms with Crippen molar-refractivity contribution >= 4 is 11.3 Å². The molecule has 0 bridgehead atoms. The number of nitrogens with zero attached hydrogens (tertiary/aromatic N) is 1. The monoisotopic (exact) mass is 233 g/mol. The summed E-state index contributed by atoms with van der Waals surface area (Å²) in [5.41, 5.74) is 7.06. The summed E-state index contributed by atoms with van der Waals surface area (Å²) in [6.07, 6.45) is 14.4. The van der Waals surface area contributed by atoms with Crippen LogP contribution in [0.4, 0.5) is 5.69 Å². The van der Waals surface area contributed by atoms with E-state index in [1.807, 2.05) is 0 Å². The van der Waals surface area contributed by atoms with Crippen molar-refractivity contribution in [2.24, 2.45) is 0 Å². The molecule has 1 aromatic carbocycles. The van der Waals surface area contributed by atoms with Gasteiger partial charge in [-0.15, -0.1) is 0 Å². The molecule has 4 rings (SSSR count). The lowest BCUT2D eigenvalue weighted by Gasteiger charge is -2.18. The van der Waals surface area contributed by atoms with Gasteiger partial charge in [0.15, 0.2) is 0 Å². The Morgan fingerprint density at radius 2 is 2.06 bits per heavy atom. The average Bonchev–Trinajstić information content (AvgIpc) is 2.58. The molecule has 1 aliphatic carbocycles. The quantitative estimate of drug-likeness (QED) is 0.663. The molecule has 1 aromatic rings. The summed E-state index contributed by atoms with van der Waals surface area (Å²) in [6.45, 7) is 2.18. The third-order valence-corrected chi connectivity index (χ3v) is 3.98. The fourth-order valence-corrected chi connectivity index (χ4v) is 3.13. The lowest BCUT2D eigenvalue weighted by atomic mass is 9.95. The van der Waals surface area contributed by atoms with Gasteiger partial charge in [0.05, 0.1) is 0 Å². The summed E-state index contributed by atoms with van der Waals surface area (Å²) in [5, 5.41) is 0. The van der Waals surface area contributed by atoms with Crippen molar-refractivity contribution in [2.75, 3.05) is 18.0 Å². The van der Waals surface area contributed by atoms with Gasteiger partial charge in [-0.1, -0.05) is 54.7 Å². The van der Waals surface area contributed by atoms with Crippen molar-refractivity contribution in [3.63, 3.8) is 0 Å². The number of fused-ring (bicyclic) bond motifs is 2. The van der Waals surface area contributed by atoms with E-state index in [1.54, 1.807) is 0 Å². The SMILES string of the molecule is C1=CC=C2C(=CCN3CCc4cccc2c43)C=C1. The zero-order valence-corrected chi connectivity index (χ0v) is 10.3. The summed E-state index contributed by atoms with van der Waals surface area (Å²) in [5.74, 6) is 0. The Morgan fingerprint density at radius 3 is 3.06 bits per heavy atom. The first-order valence-electron chi connectivity index (χ1n) is 6.56. The molecule has 0 saturated carbocycles. The predicted molar refractivity (Wildman–Crippen MR) is 76.7 cm³/mol. The van der Waals surface area contributed by atoms with Crippen molar-refractivity contribution < 1.29 is 0 Å². The number of para-hydroxylation sites is 1. The van der Waals surface area contributed by atoms with Crippen LogP contribution >= 0.6 is 0 Å². The number of rotatable bonds is 0. The summed E-state index contributed by atoms with van der Waals surface area (Å²) < 4.78 is 0. The summed E-state index contributed by atoms with van der Waals surface area (Å²) in [4.78, 5) is 2.50. The van der Waals surface area contributed by atoms with Crippen LogP contribution in [0.2, 0.25) is 0 Å². The second-order valence-corrected chi connectivity index (χ2v) is 4.99. The van der Waals surface area contributed by atoms with Crippen LogP contribution in [0.25, 0.3) is 5.57 Å². The Labute approximate surface area is 107 Å². The minimum atomic E-state index is 1.03. The Hall–Kier alpha value is -2.02. The Morgan fingerprint density at radius 1 is 1.06 bits per heavy atom. The molecule has 0 atom stereocenters. The van der Waals surface area contributed by atoms with E-state index in [0.717, 1.165) is 13.1 Å². The molecule has 3 aliphatic rings. The van der Waals surface area contributed by atoms with E-state index in [1.165, 1.54) is 34.4 Å². The van der Waals surface area contributed by atoms with Crippen molar-refractivity contribution in [2.45, 2.75) is 6.42 Å². The topological polar surface area (TPSA) is 3.24 Å². The summed E-state index contributed by atoms with van der Waals surface area (Å²) in [7, 11) is 0. The molecule has 0 radical (unpaired) electrons. The molecular weight excluding hydrogens is 218 g/mol. The van der Waals surface area contributed by atoms with Gasteiger partial charge in [0.2, 0.25) is 0 Å². The Bertz CT molecular complexity index is 629. The van der Waals surface area contributed by atoms with Crippen molar-refractivity contribution in [3.05, 3.63) is 71.4 Å². The van der Waals surface area contributed by atoms with Crippen LogP contribution in [-0.4, -0.2) is 13.1 Å². The normalized spacial score (nSPS) is 19.7. The summed E-state index contributed by atoms with van der Waals surface area (Å²) >= 11 is 0. The van der Waals surface area contributed by atoms with Gasteiger partial charge in [-0.25, -0.2) is 0 Å². The van der Waals surface area contributed by atoms with Crippen molar-refractivity contribution in [3.8, 4) is 0 Å². The molecule has 2 aliphatic heterocycles. The van der Waals surface area contributed by atoms with Crippen LogP contribution in [0.15, 0.2) is 60.2 Å². The average molecular weight is 233 g/mol. The third kappa shape index (κ3) is 1.34. The van der Waals surface area contributed by atoms with E-state index >= 15 is 0 Å². The molecule has 88 valence electrons. The maximum atomic E-state index is 2.50. The van der Waals surface area contributed by atoms with E-state index in [4.69, 9.17) is 0 Å². The third-order valence-electron chi connectivity index (χ3n) is 3.98. The van der Waals surface area contributed by atoms with E-state index in [2.05, 4.69) is 59.6 Å². The lowest BCUT2D eigenvalue weighted by Crippen LogP contribution is -2.20. The smallest absolute Gasteiger partial charge is 0.0482 e. The highest BCUT2D eigenvalue weighted by molar-refractivity contribution is 5.92. The molecule has 0 unspecified atom stereocenters. The number of hydrogen-bond donors (Lipinski definition) is 0. The molecule has 0 spiro atoms. The van der Waals surface area contributed by atoms with Gasteiger partial charge in [-0.3, -0.25) is 0 Å². The highest BCUT2D eigenvalue weighted by Crippen LogP contribution is 2.40. The number of anilines is 1. The molecule has 0 aromatic heterocycles. The van der Waals surface area contributed by atoms with Crippen LogP contribution in [-0.2, 0) is 6.42 Å². The molecule has 0 fully saturated rings. The first-order valence-corrected chi connectivity index (χ1v) is 6.56. The molecule has 0 amide bonds. The fourth-order valence-electron chi connectivity index (χ4n) is 3.13. The van der Waals surface area contributed by atoms with Gasteiger partial charge in [0.25, 0.3) is 0 Å². The van der Waals surface area contributed by atoms with Gasteiger partial charge in [0.1, 0.15) is 0 Å². The number of allylic oxidation sites excluding steroid dienone is 7. The highest BCUT2D eigenvalue weighted by atomic mass is 15.1. The number of benzene rings is 1. The second-order valence-electron chi connectivity index (χ2n) is 4.99. The maximum absolute atomic E-state index is 2.50. The minimum absolute atomic E-state index is 1.03. The van der Waals surface area contributed by atoms with Crippen LogP contribution < -0.4 is 4.90 Å². The van der Waals surface area contributed by atoms with Crippen LogP contribution in [0.5, 0.6) is 0 Å². The predicted octanol–water partition coefficient (Wildman–Crippen LogP) is 3.50. The first kappa shape index (κ1) is 9.95. The fraction of sp³-hybridized carbons (Fsp3) is 0.176. The van der Waals surface area contributed by atoms with E-state index in [-0.39, 0.29) is 0 Å². The van der Waals surface area contributed by atoms with Crippen LogP contribution in [0.1, 0.15) is 11.1 Å². The molecule has 0 N–H and O–H groups in total. The van der Waals surface area contributed by atoms with E-state index in [9.17, 15) is 0 Å². The van der Waals surface area contributed by atoms with Gasteiger partial charge < -0.3 is 4.90 Å². The van der Waals surface area contributed by atoms with Gasteiger partial charge in [-0.05, 0) is 23.1 Å². The standard InChI is InChI=1S/C17H15N/c1-2-5-13-9-11-18-12-10-14-6-4-8-16(17(14)18)15(13)7-3-1/h1-9H,10-12H2. The van der Waals surface area contributed by atoms with Crippen LogP contribution in [0, 0.1) is 0 Å².